The van der Waals surface area contributed by atoms with Crippen molar-refractivity contribution in [3.05, 3.63) is 249 Å². The molecule has 7 heteroatoms. The molecule has 0 aliphatic rings. The van der Waals surface area contributed by atoms with Crippen LogP contribution in [0, 0.1) is 0 Å². The zero-order valence-corrected chi connectivity index (χ0v) is 40.0. The van der Waals surface area contributed by atoms with E-state index in [4.69, 9.17) is 13.3 Å². The highest BCUT2D eigenvalue weighted by Gasteiger charge is 2.25. The minimum Gasteiger partial charge on any atom is -0.456 e. The van der Waals surface area contributed by atoms with Crippen molar-refractivity contribution in [1.82, 2.24) is 0 Å². The van der Waals surface area contributed by atoms with Gasteiger partial charge in [0.25, 0.3) is 0 Å². The summed E-state index contributed by atoms with van der Waals surface area (Å²) in [6, 6.07) is 88.1. The molecule has 15 rings (SSSR count). The number of rotatable bonds is 9. The number of hydrogen-bond acceptors (Lipinski definition) is 7. The molecule has 73 heavy (non-hydrogen) atoms. The van der Waals surface area contributed by atoms with Crippen molar-refractivity contribution in [3.63, 3.8) is 0 Å². The third-order valence-electron chi connectivity index (χ3n) is 14.2. The van der Waals surface area contributed by atoms with Gasteiger partial charge in [0.1, 0.15) is 33.5 Å². The van der Waals surface area contributed by atoms with Gasteiger partial charge in [0.2, 0.25) is 0 Å². The van der Waals surface area contributed by atoms with E-state index >= 15 is 0 Å². The van der Waals surface area contributed by atoms with Crippen molar-refractivity contribution < 1.29 is 13.3 Å². The monoisotopic (exact) mass is 955 g/mol. The molecular weight excluding hydrogens is 915 g/mol. The number of thiophene rings is 1. The van der Waals surface area contributed by atoms with Crippen molar-refractivity contribution in [1.29, 1.82) is 0 Å². The van der Waals surface area contributed by atoms with Crippen LogP contribution in [-0.2, 0) is 0 Å². The number of benzene rings is 11. The smallest absolute Gasteiger partial charge is 0.137 e. The topological polar surface area (TPSA) is 49.1 Å². The van der Waals surface area contributed by atoms with Crippen LogP contribution in [-0.4, -0.2) is 0 Å². The first kappa shape index (κ1) is 41.2. The summed E-state index contributed by atoms with van der Waals surface area (Å²) < 4.78 is 21.9. The third kappa shape index (κ3) is 6.78. The molecule has 0 bridgehead atoms. The van der Waals surface area contributed by atoms with Gasteiger partial charge in [-0.15, -0.1) is 11.3 Å². The van der Waals surface area contributed by atoms with Gasteiger partial charge in [0, 0.05) is 111 Å². The zero-order valence-electron chi connectivity index (χ0n) is 39.1. The molecule has 0 saturated carbocycles. The summed E-state index contributed by atoms with van der Waals surface area (Å²) in [6.45, 7) is 0. The average Bonchev–Trinajstić information content (AvgIpc) is 4.22. The van der Waals surface area contributed by atoms with Gasteiger partial charge in [0.05, 0.1) is 10.4 Å². The highest BCUT2D eigenvalue weighted by molar-refractivity contribution is 7.26. The van der Waals surface area contributed by atoms with E-state index in [9.17, 15) is 0 Å². The maximum atomic E-state index is 6.58. The Morgan fingerprint density at radius 1 is 0.233 bits per heavy atom. The Kier molecular flexibility index (Phi) is 9.33. The van der Waals surface area contributed by atoms with Gasteiger partial charge >= 0.3 is 0 Å². The third-order valence-corrected chi connectivity index (χ3v) is 15.4. The van der Waals surface area contributed by atoms with Crippen LogP contribution in [0.4, 0.5) is 51.2 Å². The molecule has 0 aliphatic heterocycles. The molecule has 0 N–H and O–H groups in total. The predicted octanol–water partition coefficient (Wildman–Crippen LogP) is 20.2. The van der Waals surface area contributed by atoms with Gasteiger partial charge in [-0.05, 0) is 121 Å². The van der Waals surface area contributed by atoms with Crippen molar-refractivity contribution in [2.45, 2.75) is 0 Å². The van der Waals surface area contributed by atoms with E-state index in [2.05, 4.69) is 227 Å². The fraction of sp³-hybridized carbons (Fsp3) is 0. The Bertz CT molecular complexity index is 4590. The fourth-order valence-electron chi connectivity index (χ4n) is 10.9. The van der Waals surface area contributed by atoms with E-state index < -0.39 is 0 Å². The summed E-state index contributed by atoms with van der Waals surface area (Å²) in [5.41, 5.74) is 14.3. The fourth-order valence-corrected chi connectivity index (χ4v) is 12.1. The molecule has 0 fully saturated rings. The summed E-state index contributed by atoms with van der Waals surface area (Å²) >= 11 is 1.81. The largest absolute Gasteiger partial charge is 0.456 e. The number of hydrogen-bond donors (Lipinski definition) is 0. The molecule has 15 aromatic rings. The first-order chi connectivity index (χ1) is 36.2. The Hall–Kier alpha value is -9.56. The Labute approximate surface area is 423 Å². The second-order valence-corrected chi connectivity index (χ2v) is 19.5. The van der Waals surface area contributed by atoms with Gasteiger partial charge in [-0.25, -0.2) is 0 Å². The van der Waals surface area contributed by atoms with Crippen LogP contribution in [0.3, 0.4) is 0 Å². The minimum absolute atomic E-state index is 0.832. The number of para-hydroxylation sites is 6. The predicted molar refractivity (Wildman–Crippen MR) is 305 cm³/mol. The van der Waals surface area contributed by atoms with Crippen molar-refractivity contribution in [3.8, 4) is 0 Å². The number of furan rings is 3. The van der Waals surface area contributed by atoms with Crippen molar-refractivity contribution in [2.24, 2.45) is 0 Å². The Balaban J connectivity index is 0.995. The van der Waals surface area contributed by atoms with Crippen LogP contribution in [0.25, 0.3) is 86.0 Å². The van der Waals surface area contributed by atoms with Crippen LogP contribution >= 0.6 is 11.3 Å². The van der Waals surface area contributed by atoms with Gasteiger partial charge in [-0.2, -0.15) is 0 Å². The van der Waals surface area contributed by atoms with Crippen LogP contribution in [0.1, 0.15) is 0 Å². The molecule has 0 radical (unpaired) electrons. The van der Waals surface area contributed by atoms with E-state index in [0.29, 0.717) is 0 Å². The molecular formula is C66H41N3O3S. The lowest BCUT2D eigenvalue weighted by Gasteiger charge is -2.30. The first-order valence-electron chi connectivity index (χ1n) is 24.5. The number of anilines is 9. The van der Waals surface area contributed by atoms with E-state index in [1.165, 1.54) is 4.70 Å². The van der Waals surface area contributed by atoms with E-state index in [0.717, 1.165) is 132 Å². The van der Waals surface area contributed by atoms with Crippen LogP contribution in [0.5, 0.6) is 0 Å². The number of fused-ring (bicyclic) bond motifs is 12. The quantitative estimate of drug-likeness (QED) is 0.144. The van der Waals surface area contributed by atoms with Gasteiger partial charge < -0.3 is 28.0 Å². The zero-order chi connectivity index (χ0) is 48.0. The maximum absolute atomic E-state index is 6.58. The molecule has 344 valence electrons. The van der Waals surface area contributed by atoms with Crippen LogP contribution in [0.2, 0.25) is 0 Å². The molecule has 0 amide bonds. The molecule has 0 aliphatic carbocycles. The normalized spacial score (nSPS) is 11.8. The minimum atomic E-state index is 0.832. The molecule has 0 spiro atoms. The van der Waals surface area contributed by atoms with E-state index in [1.54, 1.807) is 0 Å². The van der Waals surface area contributed by atoms with Crippen molar-refractivity contribution in [2.75, 3.05) is 14.7 Å². The summed E-state index contributed by atoms with van der Waals surface area (Å²) in [6.07, 6.45) is 0. The van der Waals surface area contributed by atoms with Gasteiger partial charge in [-0.3, -0.25) is 0 Å². The molecule has 0 saturated heterocycles. The van der Waals surface area contributed by atoms with Gasteiger partial charge in [-0.1, -0.05) is 109 Å². The highest BCUT2D eigenvalue weighted by Crippen LogP contribution is 2.51. The Morgan fingerprint density at radius 2 is 0.589 bits per heavy atom. The number of nitrogens with zero attached hydrogens (tertiary/aromatic N) is 3. The highest BCUT2D eigenvalue weighted by atomic mass is 32.1. The molecule has 4 heterocycles. The maximum Gasteiger partial charge on any atom is 0.137 e. The SMILES string of the molecule is c1ccc(N(c2ccc3c(c2)oc2ccccc23)c2ccc3sc4c(N(c5ccccc5)c5ccc6c(c5)oc5ccccc56)cc(N(c5ccccc5)c5ccc6c(c5)oc5ccccc56)cc4c3c2)cc1. The van der Waals surface area contributed by atoms with Crippen molar-refractivity contribution >= 4 is 149 Å². The lowest BCUT2D eigenvalue weighted by Crippen LogP contribution is -2.13. The van der Waals surface area contributed by atoms with Crippen LogP contribution in [0.15, 0.2) is 262 Å². The van der Waals surface area contributed by atoms with Gasteiger partial charge in [0.15, 0.2) is 0 Å². The lowest BCUT2D eigenvalue weighted by molar-refractivity contribution is 0.668. The molecule has 4 aromatic heterocycles. The summed E-state index contributed by atoms with van der Waals surface area (Å²) in [5.74, 6) is 0. The summed E-state index contributed by atoms with van der Waals surface area (Å²) in [7, 11) is 0. The molecule has 0 unspecified atom stereocenters. The molecule has 0 atom stereocenters. The average molecular weight is 956 g/mol. The van der Waals surface area contributed by atoms with Crippen LogP contribution < -0.4 is 14.7 Å². The molecule has 11 aromatic carbocycles. The molecule has 6 nitrogen and oxygen atoms in total. The van der Waals surface area contributed by atoms with E-state index in [1.807, 2.05) is 47.7 Å². The lowest BCUT2D eigenvalue weighted by atomic mass is 10.0. The summed E-state index contributed by atoms with van der Waals surface area (Å²) in [4.78, 5) is 7.07. The Morgan fingerprint density at radius 3 is 1.07 bits per heavy atom. The standard InChI is InChI=1S/C66H41N3O3S/c1-4-16-42(17-5-1)67(46-28-32-53-50-22-10-13-25-59(50)70-62(53)39-46)45-31-35-65-56(36-45)57-37-49(68(43-18-6-2-7-19-43)47-29-33-54-51-23-11-14-26-60(51)71-63(54)40-47)38-58(66(57)73-65)69(44-20-8-3-9-21-44)48-30-34-55-52-24-12-15-27-61(52)72-64(55)41-48/h1-41H. The second-order valence-electron chi connectivity index (χ2n) is 18.5. The van der Waals surface area contributed by atoms with E-state index in [-0.39, 0.29) is 0 Å². The summed E-state index contributed by atoms with van der Waals surface area (Å²) in [5, 5.41) is 8.84. The first-order valence-corrected chi connectivity index (χ1v) is 25.3. The second kappa shape index (κ2) is 16.5.